The third kappa shape index (κ3) is 3.26. The van der Waals surface area contributed by atoms with E-state index in [0.717, 1.165) is 12.0 Å². The predicted octanol–water partition coefficient (Wildman–Crippen LogP) is 1.23. The second-order valence-corrected chi connectivity index (χ2v) is 5.77. The first-order chi connectivity index (χ1) is 8.19. The smallest absolute Gasteiger partial charge is 0.123 e. The Morgan fingerprint density at radius 2 is 2.35 bits per heavy atom. The molecule has 0 saturated carbocycles. The van der Waals surface area contributed by atoms with Crippen molar-refractivity contribution in [2.75, 3.05) is 18.1 Å². The molecule has 1 aliphatic rings. The van der Waals surface area contributed by atoms with Crippen LogP contribution >= 0.6 is 0 Å². The zero-order chi connectivity index (χ0) is 12.3. The maximum absolute atomic E-state index is 13.0. The first-order valence-corrected chi connectivity index (χ1v) is 7.18. The van der Waals surface area contributed by atoms with E-state index in [9.17, 15) is 8.60 Å². The van der Waals surface area contributed by atoms with Crippen LogP contribution < -0.4 is 10.5 Å². The summed E-state index contributed by atoms with van der Waals surface area (Å²) in [7, 11) is -0.902. The normalized spacial score (nSPS) is 19.8. The maximum atomic E-state index is 13.0. The summed E-state index contributed by atoms with van der Waals surface area (Å²) in [4.78, 5) is 0. The van der Waals surface area contributed by atoms with Crippen LogP contribution in [0.4, 0.5) is 4.39 Å². The minimum atomic E-state index is -0.902. The topological polar surface area (TPSA) is 52.3 Å². The zero-order valence-electron chi connectivity index (χ0n) is 9.52. The summed E-state index contributed by atoms with van der Waals surface area (Å²) in [5, 5.41) is 0. The molecule has 1 aliphatic heterocycles. The molecule has 0 saturated heterocycles. The van der Waals surface area contributed by atoms with E-state index in [0.29, 0.717) is 30.2 Å². The SMILES string of the molecule is NCCCS(=O)CC1Cc2cc(F)ccc2O1. The molecule has 0 bridgehead atoms. The third-order valence-corrected chi connectivity index (χ3v) is 4.20. The van der Waals surface area contributed by atoms with Gasteiger partial charge in [-0.1, -0.05) is 0 Å². The molecule has 2 N–H and O–H groups in total. The molecule has 5 heteroatoms. The minimum Gasteiger partial charge on any atom is -0.489 e. The molecular weight excluding hydrogens is 241 g/mol. The monoisotopic (exact) mass is 257 g/mol. The first-order valence-electron chi connectivity index (χ1n) is 5.69. The van der Waals surface area contributed by atoms with Crippen LogP contribution in [0, 0.1) is 5.82 Å². The van der Waals surface area contributed by atoms with Crippen molar-refractivity contribution < 1.29 is 13.3 Å². The Morgan fingerprint density at radius 1 is 1.53 bits per heavy atom. The lowest BCUT2D eigenvalue weighted by Gasteiger charge is -2.09. The van der Waals surface area contributed by atoms with E-state index < -0.39 is 10.8 Å². The number of nitrogens with two attached hydrogens (primary N) is 1. The highest BCUT2D eigenvalue weighted by Gasteiger charge is 2.24. The van der Waals surface area contributed by atoms with E-state index >= 15 is 0 Å². The number of ether oxygens (including phenoxy) is 1. The molecule has 1 aromatic carbocycles. The average Bonchev–Trinajstić information content (AvgIpc) is 2.67. The molecule has 2 rings (SSSR count). The van der Waals surface area contributed by atoms with Crippen molar-refractivity contribution in [3.8, 4) is 5.75 Å². The number of rotatable bonds is 5. The van der Waals surface area contributed by atoms with Crippen LogP contribution in [0.3, 0.4) is 0 Å². The van der Waals surface area contributed by atoms with E-state index in [4.69, 9.17) is 10.5 Å². The Balaban J connectivity index is 1.89. The van der Waals surface area contributed by atoms with E-state index in [-0.39, 0.29) is 11.9 Å². The summed E-state index contributed by atoms with van der Waals surface area (Å²) >= 11 is 0. The zero-order valence-corrected chi connectivity index (χ0v) is 10.3. The van der Waals surface area contributed by atoms with E-state index in [2.05, 4.69) is 0 Å². The van der Waals surface area contributed by atoms with Gasteiger partial charge in [0.1, 0.15) is 17.7 Å². The van der Waals surface area contributed by atoms with E-state index in [1.165, 1.54) is 12.1 Å². The number of hydrogen-bond acceptors (Lipinski definition) is 3. The Morgan fingerprint density at radius 3 is 3.12 bits per heavy atom. The molecule has 0 radical (unpaired) electrons. The van der Waals surface area contributed by atoms with Crippen molar-refractivity contribution in [3.63, 3.8) is 0 Å². The van der Waals surface area contributed by atoms with Crippen LogP contribution in [0.1, 0.15) is 12.0 Å². The number of hydrogen-bond donors (Lipinski definition) is 1. The largest absolute Gasteiger partial charge is 0.489 e. The van der Waals surface area contributed by atoms with Gasteiger partial charge in [0, 0.05) is 28.5 Å². The van der Waals surface area contributed by atoms with Crippen LogP contribution in [0.5, 0.6) is 5.75 Å². The van der Waals surface area contributed by atoms with Crippen LogP contribution in [-0.2, 0) is 17.2 Å². The summed E-state index contributed by atoms with van der Waals surface area (Å²) in [5.41, 5.74) is 6.23. The Hall–Kier alpha value is -0.940. The van der Waals surface area contributed by atoms with Gasteiger partial charge < -0.3 is 10.5 Å². The molecule has 2 atom stereocenters. The lowest BCUT2D eigenvalue weighted by atomic mass is 10.1. The van der Waals surface area contributed by atoms with Gasteiger partial charge in [-0.15, -0.1) is 0 Å². The summed E-state index contributed by atoms with van der Waals surface area (Å²) in [6, 6.07) is 4.50. The standard InChI is InChI=1S/C12H16FNO2S/c13-10-2-3-12-9(6-10)7-11(16-12)8-17(15)5-1-4-14/h2-3,6,11H,1,4-5,7-8,14H2. The molecule has 94 valence electrons. The van der Waals surface area contributed by atoms with E-state index in [1.807, 2.05) is 0 Å². The van der Waals surface area contributed by atoms with Crippen LogP contribution in [-0.4, -0.2) is 28.4 Å². The highest BCUT2D eigenvalue weighted by atomic mass is 32.2. The maximum Gasteiger partial charge on any atom is 0.123 e. The van der Waals surface area contributed by atoms with Crippen molar-refractivity contribution >= 4 is 10.8 Å². The van der Waals surface area contributed by atoms with Gasteiger partial charge in [0.05, 0.1) is 5.75 Å². The lowest BCUT2D eigenvalue weighted by molar-refractivity contribution is 0.258. The van der Waals surface area contributed by atoms with Crippen LogP contribution in [0.15, 0.2) is 18.2 Å². The molecule has 0 spiro atoms. The van der Waals surface area contributed by atoms with Crippen molar-refractivity contribution in [1.29, 1.82) is 0 Å². The molecule has 0 aliphatic carbocycles. The van der Waals surface area contributed by atoms with Gasteiger partial charge in [-0.2, -0.15) is 0 Å². The first kappa shape index (κ1) is 12.5. The Kier molecular flexibility index (Phi) is 4.12. The fourth-order valence-corrected chi connectivity index (χ4v) is 3.17. The molecule has 0 aromatic heterocycles. The summed E-state index contributed by atoms with van der Waals surface area (Å²) in [6.07, 6.45) is 1.31. The second kappa shape index (κ2) is 5.60. The number of halogens is 1. The number of benzene rings is 1. The Labute approximate surface area is 103 Å². The van der Waals surface area contributed by atoms with Gasteiger partial charge in [0.2, 0.25) is 0 Å². The summed E-state index contributed by atoms with van der Waals surface area (Å²) in [5.74, 6) is 1.57. The van der Waals surface area contributed by atoms with Gasteiger partial charge in [-0.05, 0) is 31.2 Å². The molecular formula is C12H16FNO2S. The molecule has 0 fully saturated rings. The fourth-order valence-electron chi connectivity index (χ4n) is 1.92. The number of fused-ring (bicyclic) bond motifs is 1. The summed E-state index contributed by atoms with van der Waals surface area (Å²) < 4.78 is 30.3. The van der Waals surface area contributed by atoms with E-state index in [1.54, 1.807) is 6.07 Å². The molecule has 1 heterocycles. The summed E-state index contributed by atoms with van der Waals surface area (Å²) in [6.45, 7) is 0.558. The average molecular weight is 257 g/mol. The fraction of sp³-hybridized carbons (Fsp3) is 0.500. The van der Waals surface area contributed by atoms with Crippen LogP contribution in [0.25, 0.3) is 0 Å². The van der Waals surface area contributed by atoms with Gasteiger partial charge >= 0.3 is 0 Å². The van der Waals surface area contributed by atoms with Crippen molar-refractivity contribution in [2.24, 2.45) is 5.73 Å². The van der Waals surface area contributed by atoms with Gasteiger partial charge in [-0.25, -0.2) is 4.39 Å². The van der Waals surface area contributed by atoms with Crippen LogP contribution in [0.2, 0.25) is 0 Å². The van der Waals surface area contributed by atoms with Gasteiger partial charge in [0.15, 0.2) is 0 Å². The molecule has 2 unspecified atom stereocenters. The Bertz CT molecular complexity index is 425. The molecule has 0 amide bonds. The van der Waals surface area contributed by atoms with Crippen molar-refractivity contribution in [3.05, 3.63) is 29.6 Å². The quantitative estimate of drug-likeness (QED) is 0.863. The predicted molar refractivity (Wildman–Crippen MR) is 66.1 cm³/mol. The highest BCUT2D eigenvalue weighted by Crippen LogP contribution is 2.29. The lowest BCUT2D eigenvalue weighted by Crippen LogP contribution is -2.23. The van der Waals surface area contributed by atoms with Gasteiger partial charge in [-0.3, -0.25) is 4.21 Å². The minimum absolute atomic E-state index is 0.0922. The van der Waals surface area contributed by atoms with Crippen molar-refractivity contribution in [1.82, 2.24) is 0 Å². The second-order valence-electron chi connectivity index (χ2n) is 4.15. The molecule has 1 aromatic rings. The molecule has 3 nitrogen and oxygen atoms in total. The third-order valence-electron chi connectivity index (χ3n) is 2.71. The van der Waals surface area contributed by atoms with Gasteiger partial charge in [0.25, 0.3) is 0 Å². The highest BCUT2D eigenvalue weighted by molar-refractivity contribution is 7.85. The molecule has 17 heavy (non-hydrogen) atoms. The van der Waals surface area contributed by atoms with Crippen molar-refractivity contribution in [2.45, 2.75) is 18.9 Å².